The Bertz CT molecular complexity index is 531. The highest BCUT2D eigenvalue weighted by Gasteiger charge is 2.34. The number of ether oxygens (including phenoxy) is 1. The van der Waals surface area contributed by atoms with Crippen LogP contribution in [0, 0.1) is 5.92 Å². The maximum atomic E-state index is 12.4. The minimum absolute atomic E-state index is 0.0565. The van der Waals surface area contributed by atoms with Crippen LogP contribution in [0.2, 0.25) is 0 Å². The summed E-state index contributed by atoms with van der Waals surface area (Å²) in [5.41, 5.74) is 5.36. The summed E-state index contributed by atoms with van der Waals surface area (Å²) in [6.07, 6.45) is 3.15. The number of nitrogens with zero attached hydrogens (tertiary/aromatic N) is 3. The molecule has 7 nitrogen and oxygen atoms in total. The van der Waals surface area contributed by atoms with Gasteiger partial charge in [0.05, 0.1) is 18.5 Å². The Balaban J connectivity index is 2.23. The van der Waals surface area contributed by atoms with Gasteiger partial charge in [-0.3, -0.25) is 0 Å². The van der Waals surface area contributed by atoms with Gasteiger partial charge in [0.2, 0.25) is 16.0 Å². The first-order chi connectivity index (χ1) is 8.95. The highest BCUT2D eigenvalue weighted by atomic mass is 32.2. The Hall–Kier alpha value is -1.25. The average Bonchev–Trinajstić information content (AvgIpc) is 2.39. The smallest absolute Gasteiger partial charge is 0.246 e. The van der Waals surface area contributed by atoms with Crippen LogP contribution in [-0.2, 0) is 14.8 Å². The molecule has 2 rings (SSSR count). The van der Waals surface area contributed by atoms with Crippen LogP contribution in [0.15, 0.2) is 17.3 Å². The molecule has 2 N–H and O–H groups in total. The molecule has 2 atom stereocenters. The van der Waals surface area contributed by atoms with Crippen LogP contribution in [0.25, 0.3) is 0 Å². The molecule has 0 aromatic carbocycles. The molecule has 1 saturated heterocycles. The van der Waals surface area contributed by atoms with Crippen molar-refractivity contribution in [3.63, 3.8) is 0 Å². The van der Waals surface area contributed by atoms with Gasteiger partial charge in [0.1, 0.15) is 4.90 Å². The Labute approximate surface area is 112 Å². The van der Waals surface area contributed by atoms with Gasteiger partial charge in [-0.15, -0.1) is 0 Å². The largest absolute Gasteiger partial charge is 0.380 e. The van der Waals surface area contributed by atoms with E-state index in [9.17, 15) is 8.42 Å². The number of rotatable bonds is 3. The molecule has 0 aliphatic carbocycles. The molecule has 0 spiro atoms. The van der Waals surface area contributed by atoms with Gasteiger partial charge in [0.15, 0.2) is 0 Å². The van der Waals surface area contributed by atoms with E-state index in [4.69, 9.17) is 10.5 Å². The summed E-state index contributed by atoms with van der Waals surface area (Å²) < 4.78 is 31.6. The number of piperidine rings is 1. The van der Waals surface area contributed by atoms with Crippen molar-refractivity contribution >= 4 is 16.0 Å². The standard InChI is InChI=1S/C11H18N4O3S/c1-8-3-4-15(7-10(8)18-2)19(16,17)9-5-13-11(12)14-6-9/h5-6,8,10H,3-4,7H2,1-2H3,(H2,12,13,14). The van der Waals surface area contributed by atoms with Crippen molar-refractivity contribution in [3.05, 3.63) is 12.4 Å². The minimum atomic E-state index is -3.57. The molecule has 1 aliphatic rings. The summed E-state index contributed by atoms with van der Waals surface area (Å²) >= 11 is 0. The molecular weight excluding hydrogens is 268 g/mol. The second-order valence-electron chi connectivity index (χ2n) is 4.68. The van der Waals surface area contributed by atoms with Crippen LogP contribution in [-0.4, -0.2) is 49.0 Å². The Morgan fingerprint density at radius 3 is 2.63 bits per heavy atom. The van der Waals surface area contributed by atoms with Gasteiger partial charge >= 0.3 is 0 Å². The molecule has 1 aromatic rings. The second kappa shape index (κ2) is 5.40. The van der Waals surface area contributed by atoms with Crippen LogP contribution in [0.3, 0.4) is 0 Å². The summed E-state index contributed by atoms with van der Waals surface area (Å²) in [7, 11) is -1.97. The van der Waals surface area contributed by atoms with Gasteiger partial charge in [-0.2, -0.15) is 4.31 Å². The lowest BCUT2D eigenvalue weighted by atomic mass is 9.97. The van der Waals surface area contributed by atoms with E-state index < -0.39 is 10.0 Å². The number of nitrogens with two attached hydrogens (primary N) is 1. The average molecular weight is 286 g/mol. The van der Waals surface area contributed by atoms with Crippen molar-refractivity contribution in [2.75, 3.05) is 25.9 Å². The number of sulfonamides is 1. The molecule has 0 amide bonds. The van der Waals surface area contributed by atoms with Crippen LogP contribution in [0.4, 0.5) is 5.95 Å². The molecule has 106 valence electrons. The van der Waals surface area contributed by atoms with Crippen molar-refractivity contribution in [1.29, 1.82) is 0 Å². The van der Waals surface area contributed by atoms with Crippen molar-refractivity contribution in [3.8, 4) is 0 Å². The summed E-state index contributed by atoms with van der Waals surface area (Å²) in [4.78, 5) is 7.51. The molecule has 1 aliphatic heterocycles. The van der Waals surface area contributed by atoms with Gasteiger partial charge in [-0.1, -0.05) is 6.92 Å². The molecule has 0 saturated carbocycles. The lowest BCUT2D eigenvalue weighted by molar-refractivity contribution is 0.0183. The number of methoxy groups -OCH3 is 1. The van der Waals surface area contributed by atoms with E-state index in [2.05, 4.69) is 16.9 Å². The summed E-state index contributed by atoms with van der Waals surface area (Å²) in [6, 6.07) is 0. The zero-order valence-electron chi connectivity index (χ0n) is 11.0. The minimum Gasteiger partial charge on any atom is -0.380 e. The zero-order chi connectivity index (χ0) is 14.0. The molecule has 2 unspecified atom stereocenters. The molecular formula is C11H18N4O3S. The predicted octanol–water partition coefficient (Wildman–Crippen LogP) is 0.104. The second-order valence-corrected chi connectivity index (χ2v) is 6.62. The molecule has 1 aromatic heterocycles. The third-order valence-electron chi connectivity index (χ3n) is 3.44. The number of hydrogen-bond acceptors (Lipinski definition) is 6. The molecule has 0 bridgehead atoms. The Morgan fingerprint density at radius 1 is 1.42 bits per heavy atom. The fraction of sp³-hybridized carbons (Fsp3) is 0.636. The molecule has 19 heavy (non-hydrogen) atoms. The van der Waals surface area contributed by atoms with Gasteiger partial charge in [-0.05, 0) is 12.3 Å². The fourth-order valence-corrected chi connectivity index (χ4v) is 3.50. The van der Waals surface area contributed by atoms with Crippen molar-refractivity contribution in [2.45, 2.75) is 24.3 Å². The van der Waals surface area contributed by atoms with E-state index in [0.717, 1.165) is 6.42 Å². The number of nitrogen functional groups attached to an aromatic ring is 1. The summed E-state index contributed by atoms with van der Waals surface area (Å²) in [5, 5.41) is 0. The zero-order valence-corrected chi connectivity index (χ0v) is 11.8. The third kappa shape index (κ3) is 2.85. The number of hydrogen-bond donors (Lipinski definition) is 1. The fourth-order valence-electron chi connectivity index (χ4n) is 2.14. The number of anilines is 1. The quantitative estimate of drug-likeness (QED) is 0.846. The maximum Gasteiger partial charge on any atom is 0.246 e. The SMILES string of the molecule is COC1CN(S(=O)(=O)c2cnc(N)nc2)CCC1C. The van der Waals surface area contributed by atoms with Crippen LogP contribution >= 0.6 is 0 Å². The molecule has 8 heteroatoms. The molecule has 0 radical (unpaired) electrons. The van der Waals surface area contributed by atoms with Gasteiger partial charge in [0.25, 0.3) is 0 Å². The van der Waals surface area contributed by atoms with Gasteiger partial charge < -0.3 is 10.5 Å². The summed E-state index contributed by atoms with van der Waals surface area (Å²) in [6.45, 7) is 2.89. The highest BCUT2D eigenvalue weighted by Crippen LogP contribution is 2.24. The van der Waals surface area contributed by atoms with Crippen LogP contribution < -0.4 is 5.73 Å². The van der Waals surface area contributed by atoms with E-state index in [1.165, 1.54) is 16.7 Å². The van der Waals surface area contributed by atoms with E-state index in [-0.39, 0.29) is 16.9 Å². The van der Waals surface area contributed by atoms with E-state index >= 15 is 0 Å². The normalized spacial score (nSPS) is 25.4. The van der Waals surface area contributed by atoms with E-state index in [1.54, 1.807) is 7.11 Å². The third-order valence-corrected chi connectivity index (χ3v) is 5.26. The first-order valence-corrected chi connectivity index (χ1v) is 7.49. The van der Waals surface area contributed by atoms with Crippen molar-refractivity contribution in [2.24, 2.45) is 5.92 Å². The lowest BCUT2D eigenvalue weighted by Gasteiger charge is -2.35. The Morgan fingerprint density at radius 2 is 2.05 bits per heavy atom. The summed E-state index contributed by atoms with van der Waals surface area (Å²) in [5.74, 6) is 0.403. The Kier molecular flexibility index (Phi) is 4.02. The number of aromatic nitrogens is 2. The van der Waals surface area contributed by atoms with Crippen molar-refractivity contribution < 1.29 is 13.2 Å². The van der Waals surface area contributed by atoms with Gasteiger partial charge in [-0.25, -0.2) is 18.4 Å². The van der Waals surface area contributed by atoms with Crippen LogP contribution in [0.1, 0.15) is 13.3 Å². The van der Waals surface area contributed by atoms with Gasteiger partial charge in [0, 0.05) is 20.2 Å². The highest BCUT2D eigenvalue weighted by molar-refractivity contribution is 7.89. The topological polar surface area (TPSA) is 98.4 Å². The first kappa shape index (κ1) is 14.2. The maximum absolute atomic E-state index is 12.4. The predicted molar refractivity (Wildman–Crippen MR) is 69.8 cm³/mol. The monoisotopic (exact) mass is 286 g/mol. The van der Waals surface area contributed by atoms with E-state index in [1.807, 2.05) is 0 Å². The van der Waals surface area contributed by atoms with E-state index in [0.29, 0.717) is 19.0 Å². The molecule has 2 heterocycles. The van der Waals surface area contributed by atoms with Crippen LogP contribution in [0.5, 0.6) is 0 Å². The molecule has 1 fully saturated rings. The van der Waals surface area contributed by atoms with Crippen molar-refractivity contribution in [1.82, 2.24) is 14.3 Å². The lowest BCUT2D eigenvalue weighted by Crippen LogP contribution is -2.46. The first-order valence-electron chi connectivity index (χ1n) is 6.05.